The molecule has 0 aromatic carbocycles. The molecule has 0 aliphatic carbocycles. The van der Waals surface area contributed by atoms with Crippen LogP contribution in [0.1, 0.15) is 221 Å². The van der Waals surface area contributed by atoms with Crippen molar-refractivity contribution in [2.45, 2.75) is 227 Å². The second-order valence-electron chi connectivity index (χ2n) is 16.1. The van der Waals surface area contributed by atoms with E-state index in [-0.39, 0.29) is 37.2 Å². The molecule has 57 heavy (non-hydrogen) atoms. The van der Waals surface area contributed by atoms with Crippen molar-refractivity contribution in [2.75, 3.05) is 39.5 Å². The molecular formula is C49H91NO7. The zero-order valence-electron chi connectivity index (χ0n) is 38.0. The van der Waals surface area contributed by atoms with Crippen molar-refractivity contribution in [3.8, 4) is 0 Å². The lowest BCUT2D eigenvalue weighted by Gasteiger charge is -2.19. The highest BCUT2D eigenvalue weighted by Crippen LogP contribution is 2.19. The summed E-state index contributed by atoms with van der Waals surface area (Å²) < 4.78 is 22.4. The van der Waals surface area contributed by atoms with E-state index in [2.05, 4.69) is 63.8 Å². The summed E-state index contributed by atoms with van der Waals surface area (Å²) >= 11 is 0. The normalized spacial score (nSPS) is 12.3. The third-order valence-corrected chi connectivity index (χ3v) is 10.8. The van der Waals surface area contributed by atoms with Crippen LogP contribution < -0.4 is 0 Å². The molecule has 0 amide bonds. The second-order valence-corrected chi connectivity index (χ2v) is 16.1. The molecule has 0 heterocycles. The fraction of sp³-hybridized carbons (Fsp3) is 0.857. The summed E-state index contributed by atoms with van der Waals surface area (Å²) in [6.45, 7) is 14.5. The Labute approximate surface area is 352 Å². The van der Waals surface area contributed by atoms with Crippen molar-refractivity contribution in [1.82, 2.24) is 4.90 Å². The molecule has 0 saturated heterocycles. The van der Waals surface area contributed by atoms with Crippen LogP contribution in [-0.2, 0) is 28.5 Å². The summed E-state index contributed by atoms with van der Waals surface area (Å²) in [5, 5.41) is 0. The van der Waals surface area contributed by atoms with Crippen molar-refractivity contribution >= 4 is 18.1 Å². The number of hydrogen-bond donors (Lipinski definition) is 0. The van der Waals surface area contributed by atoms with Crippen LogP contribution >= 0.6 is 0 Å². The number of carbonyl (C=O) groups excluding carboxylic acids is 3. The van der Waals surface area contributed by atoms with Crippen molar-refractivity contribution in [3.05, 3.63) is 24.3 Å². The van der Waals surface area contributed by atoms with Gasteiger partial charge < -0.3 is 23.8 Å². The van der Waals surface area contributed by atoms with Gasteiger partial charge in [-0.2, -0.15) is 0 Å². The lowest BCUT2D eigenvalue weighted by atomic mass is 10.0. The minimum absolute atomic E-state index is 0.0545. The van der Waals surface area contributed by atoms with Crippen LogP contribution in [0.3, 0.4) is 0 Å². The summed E-state index contributed by atoms with van der Waals surface area (Å²) in [5.74, 6) is -0.339. The molecule has 0 aromatic heterocycles. The van der Waals surface area contributed by atoms with E-state index in [9.17, 15) is 14.4 Å². The molecule has 8 heteroatoms. The van der Waals surface area contributed by atoms with Gasteiger partial charge in [0.05, 0.1) is 13.2 Å². The molecule has 0 bridgehead atoms. The molecule has 1 atom stereocenters. The van der Waals surface area contributed by atoms with Crippen molar-refractivity contribution in [2.24, 2.45) is 5.92 Å². The summed E-state index contributed by atoms with van der Waals surface area (Å²) in [6, 6.07) is 0. The summed E-state index contributed by atoms with van der Waals surface area (Å²) in [7, 11) is 0. The Hall–Kier alpha value is -2.35. The molecule has 334 valence electrons. The first-order valence-corrected chi connectivity index (χ1v) is 24.1. The number of allylic oxidation sites excluding steroid dienone is 4. The summed E-state index contributed by atoms with van der Waals surface area (Å²) in [6.07, 6.45) is 38.6. The molecule has 0 spiro atoms. The molecule has 0 aliphatic rings. The average Bonchev–Trinajstić information content (AvgIpc) is 3.21. The molecular weight excluding hydrogens is 715 g/mol. The van der Waals surface area contributed by atoms with E-state index >= 15 is 0 Å². The molecule has 0 radical (unpaired) electrons. The molecule has 0 fully saturated rings. The van der Waals surface area contributed by atoms with Crippen LogP contribution in [0.15, 0.2) is 24.3 Å². The van der Waals surface area contributed by atoms with Gasteiger partial charge in [0, 0.05) is 25.3 Å². The zero-order chi connectivity index (χ0) is 41.9. The summed E-state index contributed by atoms with van der Waals surface area (Å²) in [4.78, 5) is 40.0. The highest BCUT2D eigenvalue weighted by Gasteiger charge is 2.17. The number of rotatable bonds is 42. The molecule has 0 N–H and O–H groups in total. The number of ether oxygens (including phenoxy) is 4. The van der Waals surface area contributed by atoms with Gasteiger partial charge in [-0.05, 0) is 96.6 Å². The maximum Gasteiger partial charge on any atom is 0.508 e. The lowest BCUT2D eigenvalue weighted by Crippen LogP contribution is -2.25. The van der Waals surface area contributed by atoms with Gasteiger partial charge in [-0.3, -0.25) is 9.59 Å². The van der Waals surface area contributed by atoms with Crippen LogP contribution in [-0.4, -0.2) is 68.6 Å². The Morgan fingerprint density at radius 1 is 0.491 bits per heavy atom. The van der Waals surface area contributed by atoms with Gasteiger partial charge in [0.1, 0.15) is 12.7 Å². The number of nitrogens with zero attached hydrogens (tertiary/aromatic N) is 1. The van der Waals surface area contributed by atoms with E-state index in [1.165, 1.54) is 77.0 Å². The van der Waals surface area contributed by atoms with Gasteiger partial charge in [0.15, 0.2) is 0 Å². The van der Waals surface area contributed by atoms with Crippen LogP contribution in [0.25, 0.3) is 0 Å². The highest BCUT2D eigenvalue weighted by molar-refractivity contribution is 5.69. The van der Waals surface area contributed by atoms with E-state index < -0.39 is 6.16 Å². The van der Waals surface area contributed by atoms with E-state index in [1.54, 1.807) is 0 Å². The Morgan fingerprint density at radius 3 is 1.60 bits per heavy atom. The Kier molecular flexibility index (Phi) is 41.5. The number of unbranched alkanes of at least 4 members (excludes halogenated alkanes) is 17. The topological polar surface area (TPSA) is 91.4 Å². The van der Waals surface area contributed by atoms with Crippen LogP contribution in [0.2, 0.25) is 0 Å². The first-order chi connectivity index (χ1) is 27.9. The van der Waals surface area contributed by atoms with Crippen LogP contribution in [0.5, 0.6) is 0 Å². The average molecular weight is 806 g/mol. The van der Waals surface area contributed by atoms with Gasteiger partial charge >= 0.3 is 18.1 Å². The van der Waals surface area contributed by atoms with Gasteiger partial charge in [-0.15, -0.1) is 0 Å². The van der Waals surface area contributed by atoms with E-state index in [0.29, 0.717) is 19.4 Å². The monoisotopic (exact) mass is 806 g/mol. The minimum atomic E-state index is -0.663. The Balaban J connectivity index is 4.57. The fourth-order valence-electron chi connectivity index (χ4n) is 6.95. The molecule has 0 saturated carbocycles. The van der Waals surface area contributed by atoms with Gasteiger partial charge in [0.2, 0.25) is 0 Å². The lowest BCUT2D eigenvalue weighted by molar-refractivity contribution is -0.150. The minimum Gasteiger partial charge on any atom is -0.465 e. The van der Waals surface area contributed by atoms with Crippen molar-refractivity contribution < 1.29 is 33.3 Å². The Bertz CT molecular complexity index is 951. The maximum absolute atomic E-state index is 12.7. The van der Waals surface area contributed by atoms with E-state index in [1.807, 2.05) is 0 Å². The van der Waals surface area contributed by atoms with Crippen LogP contribution in [0.4, 0.5) is 4.79 Å². The first kappa shape index (κ1) is 54.6. The molecule has 8 nitrogen and oxygen atoms in total. The number of esters is 2. The van der Waals surface area contributed by atoms with Gasteiger partial charge in [0.25, 0.3) is 0 Å². The van der Waals surface area contributed by atoms with Crippen molar-refractivity contribution in [3.63, 3.8) is 0 Å². The zero-order valence-corrected chi connectivity index (χ0v) is 38.0. The fourth-order valence-corrected chi connectivity index (χ4v) is 6.95. The largest absolute Gasteiger partial charge is 0.508 e. The highest BCUT2D eigenvalue weighted by atomic mass is 16.7. The quantitative estimate of drug-likeness (QED) is 0.0261. The molecule has 1 unspecified atom stereocenters. The molecule has 0 aliphatic heterocycles. The van der Waals surface area contributed by atoms with E-state index in [0.717, 1.165) is 116 Å². The maximum atomic E-state index is 12.7. The third-order valence-electron chi connectivity index (χ3n) is 10.8. The smallest absolute Gasteiger partial charge is 0.465 e. The predicted octanol–water partition coefficient (Wildman–Crippen LogP) is 14.0. The third kappa shape index (κ3) is 38.9. The van der Waals surface area contributed by atoms with Gasteiger partial charge in [-0.1, -0.05) is 149 Å². The standard InChI is InChI=1S/C49H91NO7/c1-6-11-14-17-18-19-20-21-22-23-24-25-26-27-33-39-47(51)55-43-45(44-56-49(53)54-42-35-41-50(9-4)10-5)36-30-28-29-34-40-48(52)57-46(37-31-15-12-7-2)38-32-16-13-8-3/h18-19,21-22,45-46H,6-17,20,23-44H2,1-5H3/b19-18-,22-21-. The van der Waals surface area contributed by atoms with Gasteiger partial charge in [-0.25, -0.2) is 4.79 Å². The van der Waals surface area contributed by atoms with Crippen molar-refractivity contribution in [1.29, 1.82) is 0 Å². The molecule has 0 aromatic rings. The summed E-state index contributed by atoms with van der Waals surface area (Å²) in [5.41, 5.74) is 0. The van der Waals surface area contributed by atoms with E-state index in [4.69, 9.17) is 18.9 Å². The van der Waals surface area contributed by atoms with Crippen LogP contribution in [0, 0.1) is 5.92 Å². The first-order valence-electron chi connectivity index (χ1n) is 24.1. The SMILES string of the molecule is CCCCC/C=C\C/C=C\CCCCCCCC(=O)OCC(CCCCCCC(=O)OC(CCCCCC)CCCCCC)COC(=O)OCCCN(CC)CC. The second kappa shape index (κ2) is 43.2. The number of hydrogen-bond acceptors (Lipinski definition) is 8. The predicted molar refractivity (Wildman–Crippen MR) is 239 cm³/mol. The number of carbonyl (C=O) groups is 3. The Morgan fingerprint density at radius 2 is 0.982 bits per heavy atom. The molecule has 0 rings (SSSR count).